The van der Waals surface area contributed by atoms with E-state index >= 15 is 0 Å². The van der Waals surface area contributed by atoms with Gasteiger partial charge in [0.15, 0.2) is 0 Å². The van der Waals surface area contributed by atoms with Crippen molar-refractivity contribution in [2.75, 3.05) is 20.3 Å². The molecule has 4 nitrogen and oxygen atoms in total. The van der Waals surface area contributed by atoms with Crippen LogP contribution in [0.1, 0.15) is 90.3 Å². The van der Waals surface area contributed by atoms with E-state index in [1.807, 2.05) is 12.1 Å². The Morgan fingerprint density at radius 3 is 1.86 bits per heavy atom. The van der Waals surface area contributed by atoms with E-state index in [2.05, 4.69) is 41.5 Å². The van der Waals surface area contributed by atoms with Gasteiger partial charge in [0.2, 0.25) is 0 Å². The van der Waals surface area contributed by atoms with Gasteiger partial charge in [-0.1, -0.05) is 60.1 Å². The molecule has 1 aromatic carbocycles. The van der Waals surface area contributed by atoms with Gasteiger partial charge < -0.3 is 14.6 Å². The number of aromatic hydroxyl groups is 1. The topological polar surface area (TPSA) is 55.8 Å². The van der Waals surface area contributed by atoms with Gasteiger partial charge in [0, 0.05) is 20.1 Å². The SMILES string of the molecule is COCCCCCCOC(=O)CCc1cc(C(C)(C)C)c(O)c(C(C)(C)C)c1. The molecule has 0 fully saturated rings. The van der Waals surface area contributed by atoms with E-state index in [1.165, 1.54) is 0 Å². The number of esters is 1. The number of carbonyl (C=O) groups excluding carboxylic acids is 1. The number of benzene rings is 1. The molecule has 0 aliphatic heterocycles. The summed E-state index contributed by atoms with van der Waals surface area (Å²) in [6.07, 6.45) is 5.10. The summed E-state index contributed by atoms with van der Waals surface area (Å²) < 4.78 is 10.4. The molecule has 0 atom stereocenters. The van der Waals surface area contributed by atoms with Crippen molar-refractivity contribution < 1.29 is 19.4 Å². The maximum atomic E-state index is 12.1. The number of hydrogen-bond acceptors (Lipinski definition) is 4. The van der Waals surface area contributed by atoms with Gasteiger partial charge in [-0.3, -0.25) is 4.79 Å². The van der Waals surface area contributed by atoms with Gasteiger partial charge in [0.05, 0.1) is 6.61 Å². The van der Waals surface area contributed by atoms with Crippen molar-refractivity contribution in [3.63, 3.8) is 0 Å². The van der Waals surface area contributed by atoms with Gasteiger partial charge in [-0.05, 0) is 53.2 Å². The Kier molecular flexibility index (Phi) is 9.49. The molecular weight excluding hydrogens is 352 g/mol. The molecule has 1 N–H and O–H groups in total. The van der Waals surface area contributed by atoms with Crippen LogP contribution in [0.15, 0.2) is 12.1 Å². The molecule has 0 saturated carbocycles. The summed E-state index contributed by atoms with van der Waals surface area (Å²) in [6, 6.07) is 4.07. The number of methoxy groups -OCH3 is 1. The molecule has 160 valence electrons. The second-order valence-corrected chi connectivity index (χ2v) is 9.67. The van der Waals surface area contributed by atoms with E-state index in [1.54, 1.807) is 7.11 Å². The van der Waals surface area contributed by atoms with Gasteiger partial charge >= 0.3 is 5.97 Å². The summed E-state index contributed by atoms with van der Waals surface area (Å²) in [4.78, 5) is 12.1. The predicted molar refractivity (Wildman–Crippen MR) is 115 cm³/mol. The van der Waals surface area contributed by atoms with Crippen molar-refractivity contribution in [2.24, 2.45) is 0 Å². The lowest BCUT2D eigenvalue weighted by Gasteiger charge is -2.28. The number of phenolic OH excluding ortho intramolecular Hbond substituents is 1. The van der Waals surface area contributed by atoms with Crippen molar-refractivity contribution in [3.05, 3.63) is 28.8 Å². The number of aryl methyl sites for hydroxylation is 1. The maximum absolute atomic E-state index is 12.1. The Balaban J connectivity index is 2.65. The first-order chi connectivity index (χ1) is 13.0. The van der Waals surface area contributed by atoms with Crippen molar-refractivity contribution >= 4 is 5.97 Å². The Labute approximate surface area is 171 Å². The van der Waals surface area contributed by atoms with Crippen LogP contribution in [0.25, 0.3) is 0 Å². The summed E-state index contributed by atoms with van der Waals surface area (Å²) >= 11 is 0. The summed E-state index contributed by atoms with van der Waals surface area (Å²) in [6.45, 7) is 13.9. The molecule has 0 aromatic heterocycles. The molecule has 0 radical (unpaired) electrons. The molecule has 0 spiro atoms. The Morgan fingerprint density at radius 2 is 1.39 bits per heavy atom. The highest BCUT2D eigenvalue weighted by atomic mass is 16.5. The van der Waals surface area contributed by atoms with Gasteiger partial charge in [0.1, 0.15) is 5.75 Å². The number of phenols is 1. The average Bonchev–Trinajstić information content (AvgIpc) is 2.58. The summed E-state index contributed by atoms with van der Waals surface area (Å²) in [5.41, 5.74) is 2.61. The smallest absolute Gasteiger partial charge is 0.306 e. The zero-order valence-corrected chi connectivity index (χ0v) is 19.0. The number of unbranched alkanes of at least 4 members (excludes halogenated alkanes) is 3. The summed E-state index contributed by atoms with van der Waals surface area (Å²) in [7, 11) is 1.71. The molecule has 1 rings (SSSR count). The van der Waals surface area contributed by atoms with Crippen molar-refractivity contribution in [1.82, 2.24) is 0 Å². The van der Waals surface area contributed by atoms with Gasteiger partial charge in [-0.25, -0.2) is 0 Å². The van der Waals surface area contributed by atoms with Crippen LogP contribution in [0, 0.1) is 0 Å². The van der Waals surface area contributed by atoms with Crippen LogP contribution in [0.2, 0.25) is 0 Å². The minimum Gasteiger partial charge on any atom is -0.507 e. The Hall–Kier alpha value is -1.55. The normalized spacial score (nSPS) is 12.2. The lowest BCUT2D eigenvalue weighted by molar-refractivity contribution is -0.143. The predicted octanol–water partition coefficient (Wildman–Crippen LogP) is 5.67. The molecule has 0 saturated heterocycles. The standard InChI is InChI=1S/C24H40O4/c1-23(2,3)19-16-18(17-20(22(19)26)24(4,5)6)12-13-21(25)28-15-11-9-8-10-14-27-7/h16-17,26H,8-15H2,1-7H3. The first kappa shape index (κ1) is 24.5. The molecule has 0 aliphatic rings. The van der Waals surface area contributed by atoms with E-state index in [0.29, 0.717) is 25.2 Å². The van der Waals surface area contributed by atoms with Gasteiger partial charge in [0.25, 0.3) is 0 Å². The molecule has 1 aromatic rings. The summed E-state index contributed by atoms with van der Waals surface area (Å²) in [5, 5.41) is 10.8. The van der Waals surface area contributed by atoms with Gasteiger partial charge in [-0.15, -0.1) is 0 Å². The molecular formula is C24H40O4. The highest BCUT2D eigenvalue weighted by molar-refractivity contribution is 5.69. The minimum absolute atomic E-state index is 0.153. The lowest BCUT2D eigenvalue weighted by Crippen LogP contribution is -2.18. The quantitative estimate of drug-likeness (QED) is 0.412. The largest absolute Gasteiger partial charge is 0.507 e. The van der Waals surface area contributed by atoms with Gasteiger partial charge in [-0.2, -0.15) is 0 Å². The van der Waals surface area contributed by atoms with Crippen molar-refractivity contribution in [1.29, 1.82) is 0 Å². The maximum Gasteiger partial charge on any atom is 0.306 e. The zero-order chi connectivity index (χ0) is 21.4. The third-order valence-electron chi connectivity index (χ3n) is 4.91. The Morgan fingerprint density at radius 1 is 0.893 bits per heavy atom. The second kappa shape index (κ2) is 10.8. The molecule has 0 aliphatic carbocycles. The number of ether oxygens (including phenoxy) is 2. The molecule has 0 heterocycles. The monoisotopic (exact) mass is 392 g/mol. The first-order valence-electron chi connectivity index (χ1n) is 10.5. The van der Waals surface area contributed by atoms with Crippen LogP contribution in [-0.4, -0.2) is 31.4 Å². The second-order valence-electron chi connectivity index (χ2n) is 9.67. The zero-order valence-electron chi connectivity index (χ0n) is 19.0. The van der Waals surface area contributed by atoms with E-state index in [0.717, 1.165) is 49.0 Å². The average molecular weight is 393 g/mol. The fourth-order valence-electron chi connectivity index (χ4n) is 3.19. The van der Waals surface area contributed by atoms with Crippen LogP contribution in [0.4, 0.5) is 0 Å². The number of rotatable bonds is 10. The van der Waals surface area contributed by atoms with Crippen LogP contribution in [0.3, 0.4) is 0 Å². The number of hydrogen-bond donors (Lipinski definition) is 1. The molecule has 4 heteroatoms. The fourth-order valence-corrected chi connectivity index (χ4v) is 3.19. The molecule has 28 heavy (non-hydrogen) atoms. The van der Waals surface area contributed by atoms with E-state index in [4.69, 9.17) is 9.47 Å². The van der Waals surface area contributed by atoms with Crippen LogP contribution >= 0.6 is 0 Å². The lowest BCUT2D eigenvalue weighted by atomic mass is 9.78. The first-order valence-corrected chi connectivity index (χ1v) is 10.5. The third kappa shape index (κ3) is 8.22. The summed E-state index contributed by atoms with van der Waals surface area (Å²) in [5.74, 6) is 0.222. The van der Waals surface area contributed by atoms with E-state index < -0.39 is 0 Å². The highest BCUT2D eigenvalue weighted by Gasteiger charge is 2.26. The molecule has 0 bridgehead atoms. The molecule has 0 amide bonds. The fraction of sp³-hybridized carbons (Fsp3) is 0.708. The minimum atomic E-state index is -0.163. The number of carbonyl (C=O) groups is 1. The highest BCUT2D eigenvalue weighted by Crippen LogP contribution is 2.39. The van der Waals surface area contributed by atoms with Crippen LogP contribution in [0.5, 0.6) is 5.75 Å². The Bertz CT molecular complexity index is 585. The van der Waals surface area contributed by atoms with Crippen LogP contribution in [-0.2, 0) is 31.5 Å². The molecule has 0 unspecified atom stereocenters. The van der Waals surface area contributed by atoms with E-state index in [9.17, 15) is 9.90 Å². The van der Waals surface area contributed by atoms with E-state index in [-0.39, 0.29) is 16.8 Å². The third-order valence-corrected chi connectivity index (χ3v) is 4.91. The van der Waals surface area contributed by atoms with Crippen LogP contribution < -0.4 is 0 Å². The van der Waals surface area contributed by atoms with Crippen molar-refractivity contribution in [2.45, 2.75) is 90.9 Å². The van der Waals surface area contributed by atoms with Crippen molar-refractivity contribution in [3.8, 4) is 5.75 Å².